The van der Waals surface area contributed by atoms with Crippen LogP contribution in [-0.4, -0.2) is 38.7 Å². The molecule has 2 amide bonds. The predicted octanol–water partition coefficient (Wildman–Crippen LogP) is 3.90. The van der Waals surface area contributed by atoms with Gasteiger partial charge in [0.1, 0.15) is 6.54 Å². The average molecular weight is 499 g/mol. The van der Waals surface area contributed by atoms with Gasteiger partial charge in [-0.15, -0.1) is 0 Å². The van der Waals surface area contributed by atoms with Gasteiger partial charge in [0.25, 0.3) is 11.8 Å². The standard InChI is InChI=1S/C24H23ClN4O4S/c1-17(18-8-12-21(13-9-18)26-24(31)19-6-4-3-5-7-19)27-28-23(30)16-29(34(2,32)33)22-14-10-20(25)11-15-22/h3-15H,16H2,1-2H3,(H,26,31)(H,28,30)/b27-17-. The van der Waals surface area contributed by atoms with Crippen LogP contribution >= 0.6 is 11.6 Å². The third-order valence-electron chi connectivity index (χ3n) is 4.75. The maximum Gasteiger partial charge on any atom is 0.260 e. The molecule has 176 valence electrons. The summed E-state index contributed by atoms with van der Waals surface area (Å²) in [5.41, 5.74) is 5.08. The van der Waals surface area contributed by atoms with E-state index in [0.29, 0.717) is 27.7 Å². The molecule has 0 spiro atoms. The Labute approximate surface area is 203 Å². The molecule has 3 aromatic rings. The van der Waals surface area contributed by atoms with Crippen molar-refractivity contribution in [3.8, 4) is 0 Å². The Balaban J connectivity index is 1.62. The van der Waals surface area contributed by atoms with Gasteiger partial charge in [-0.1, -0.05) is 41.9 Å². The summed E-state index contributed by atoms with van der Waals surface area (Å²) in [5.74, 6) is -0.825. The maximum absolute atomic E-state index is 12.4. The second-order valence-electron chi connectivity index (χ2n) is 7.38. The summed E-state index contributed by atoms with van der Waals surface area (Å²) in [6, 6.07) is 21.9. The second kappa shape index (κ2) is 11.0. The molecule has 0 bridgehead atoms. The molecule has 0 atom stereocenters. The lowest BCUT2D eigenvalue weighted by Gasteiger charge is -2.21. The minimum Gasteiger partial charge on any atom is -0.322 e. The molecular formula is C24H23ClN4O4S. The van der Waals surface area contributed by atoms with Gasteiger partial charge in [0, 0.05) is 16.3 Å². The zero-order valence-corrected chi connectivity index (χ0v) is 20.1. The predicted molar refractivity (Wildman–Crippen MR) is 135 cm³/mol. The largest absolute Gasteiger partial charge is 0.322 e. The summed E-state index contributed by atoms with van der Waals surface area (Å²) < 4.78 is 25.3. The monoisotopic (exact) mass is 498 g/mol. The first-order valence-corrected chi connectivity index (χ1v) is 12.4. The van der Waals surface area contributed by atoms with Crippen LogP contribution < -0.4 is 15.0 Å². The smallest absolute Gasteiger partial charge is 0.260 e. The second-order valence-corrected chi connectivity index (χ2v) is 9.72. The molecule has 3 rings (SSSR count). The van der Waals surface area contributed by atoms with E-state index in [1.165, 1.54) is 12.1 Å². The number of rotatable bonds is 8. The Bertz CT molecular complexity index is 1290. The quantitative estimate of drug-likeness (QED) is 0.362. The van der Waals surface area contributed by atoms with Crippen molar-refractivity contribution >= 4 is 50.5 Å². The zero-order valence-electron chi connectivity index (χ0n) is 18.5. The summed E-state index contributed by atoms with van der Waals surface area (Å²) in [7, 11) is -3.71. The Hall–Kier alpha value is -3.69. The molecule has 10 heteroatoms. The SMILES string of the molecule is C/C(=N/NC(=O)CN(c1ccc(Cl)cc1)S(C)(=O)=O)c1ccc(NC(=O)c2ccccc2)cc1. The number of nitrogens with zero attached hydrogens (tertiary/aromatic N) is 2. The summed E-state index contributed by atoms with van der Waals surface area (Å²) in [4.78, 5) is 24.6. The summed E-state index contributed by atoms with van der Waals surface area (Å²) >= 11 is 5.86. The normalized spacial score (nSPS) is 11.6. The van der Waals surface area contributed by atoms with E-state index in [1.54, 1.807) is 67.6 Å². The number of sulfonamides is 1. The van der Waals surface area contributed by atoms with Gasteiger partial charge < -0.3 is 5.32 Å². The van der Waals surface area contributed by atoms with Gasteiger partial charge in [-0.25, -0.2) is 13.8 Å². The fraction of sp³-hybridized carbons (Fsp3) is 0.125. The van der Waals surface area contributed by atoms with E-state index in [9.17, 15) is 18.0 Å². The molecule has 0 fully saturated rings. The molecule has 0 saturated heterocycles. The topological polar surface area (TPSA) is 108 Å². The van der Waals surface area contributed by atoms with Crippen molar-refractivity contribution < 1.29 is 18.0 Å². The van der Waals surface area contributed by atoms with Crippen molar-refractivity contribution in [2.75, 3.05) is 22.4 Å². The number of benzene rings is 3. The molecular weight excluding hydrogens is 476 g/mol. The van der Waals surface area contributed by atoms with E-state index in [0.717, 1.165) is 16.1 Å². The Morgan fingerprint density at radius 3 is 2.12 bits per heavy atom. The molecule has 0 unspecified atom stereocenters. The highest BCUT2D eigenvalue weighted by molar-refractivity contribution is 7.92. The molecule has 0 aliphatic rings. The van der Waals surface area contributed by atoms with Crippen molar-refractivity contribution in [1.82, 2.24) is 5.43 Å². The van der Waals surface area contributed by atoms with Gasteiger partial charge in [0.2, 0.25) is 10.0 Å². The number of carbonyl (C=O) groups excluding carboxylic acids is 2. The van der Waals surface area contributed by atoms with E-state index in [4.69, 9.17) is 11.6 Å². The van der Waals surface area contributed by atoms with Crippen LogP contribution in [0.3, 0.4) is 0 Å². The van der Waals surface area contributed by atoms with Gasteiger partial charge in [-0.05, 0) is 61.0 Å². The lowest BCUT2D eigenvalue weighted by molar-refractivity contribution is -0.119. The Kier molecular flexibility index (Phi) is 8.04. The Morgan fingerprint density at radius 1 is 0.912 bits per heavy atom. The molecule has 3 aromatic carbocycles. The van der Waals surface area contributed by atoms with Crippen LogP contribution in [0.5, 0.6) is 0 Å². The molecule has 2 N–H and O–H groups in total. The van der Waals surface area contributed by atoms with Crippen LogP contribution in [0, 0.1) is 0 Å². The number of hydrogen-bond acceptors (Lipinski definition) is 5. The minimum atomic E-state index is -3.71. The summed E-state index contributed by atoms with van der Waals surface area (Å²) in [6.07, 6.45) is 1.02. The lowest BCUT2D eigenvalue weighted by atomic mass is 10.1. The molecule has 0 aliphatic carbocycles. The number of hydrazone groups is 1. The lowest BCUT2D eigenvalue weighted by Crippen LogP contribution is -2.39. The van der Waals surface area contributed by atoms with Crippen molar-refractivity contribution in [2.24, 2.45) is 5.10 Å². The summed E-state index contributed by atoms with van der Waals surface area (Å²) in [6.45, 7) is 1.26. The number of anilines is 2. The molecule has 0 heterocycles. The van der Waals surface area contributed by atoms with Gasteiger partial charge >= 0.3 is 0 Å². The molecule has 8 nitrogen and oxygen atoms in total. The average Bonchev–Trinajstić information content (AvgIpc) is 2.82. The fourth-order valence-corrected chi connectivity index (χ4v) is 3.95. The van der Waals surface area contributed by atoms with Gasteiger partial charge in [-0.3, -0.25) is 13.9 Å². The third-order valence-corrected chi connectivity index (χ3v) is 6.14. The molecule has 34 heavy (non-hydrogen) atoms. The first kappa shape index (κ1) is 24.9. The first-order valence-electron chi connectivity index (χ1n) is 10.2. The minimum absolute atomic E-state index is 0.220. The zero-order chi connectivity index (χ0) is 24.7. The Morgan fingerprint density at radius 2 is 1.53 bits per heavy atom. The van der Waals surface area contributed by atoms with Crippen molar-refractivity contribution in [3.63, 3.8) is 0 Å². The maximum atomic E-state index is 12.4. The van der Waals surface area contributed by atoms with Crippen molar-refractivity contribution in [2.45, 2.75) is 6.92 Å². The van der Waals surface area contributed by atoms with E-state index in [2.05, 4.69) is 15.8 Å². The van der Waals surface area contributed by atoms with E-state index < -0.39 is 22.5 Å². The van der Waals surface area contributed by atoms with Crippen molar-refractivity contribution in [1.29, 1.82) is 0 Å². The van der Waals surface area contributed by atoms with Crippen LogP contribution in [0.25, 0.3) is 0 Å². The highest BCUT2D eigenvalue weighted by Crippen LogP contribution is 2.20. The fourth-order valence-electron chi connectivity index (χ4n) is 2.97. The molecule has 0 aromatic heterocycles. The highest BCUT2D eigenvalue weighted by Gasteiger charge is 2.20. The number of hydrogen-bond donors (Lipinski definition) is 2. The van der Waals surface area contributed by atoms with Crippen LogP contribution in [0.4, 0.5) is 11.4 Å². The number of nitrogens with one attached hydrogen (secondary N) is 2. The first-order chi connectivity index (χ1) is 16.1. The van der Waals surface area contributed by atoms with Gasteiger partial charge in [0.05, 0.1) is 17.7 Å². The van der Waals surface area contributed by atoms with Crippen LogP contribution in [0.2, 0.25) is 5.02 Å². The third kappa shape index (κ3) is 6.90. The van der Waals surface area contributed by atoms with E-state index >= 15 is 0 Å². The van der Waals surface area contributed by atoms with Gasteiger partial charge in [0.15, 0.2) is 0 Å². The van der Waals surface area contributed by atoms with Crippen molar-refractivity contribution in [3.05, 3.63) is 95.0 Å². The molecule has 0 aliphatic heterocycles. The van der Waals surface area contributed by atoms with Crippen LogP contribution in [0.15, 0.2) is 84.0 Å². The highest BCUT2D eigenvalue weighted by atomic mass is 35.5. The van der Waals surface area contributed by atoms with E-state index in [-0.39, 0.29) is 5.91 Å². The van der Waals surface area contributed by atoms with Crippen LogP contribution in [-0.2, 0) is 14.8 Å². The molecule has 0 radical (unpaired) electrons. The van der Waals surface area contributed by atoms with Gasteiger partial charge in [-0.2, -0.15) is 5.10 Å². The van der Waals surface area contributed by atoms with Crippen LogP contribution in [0.1, 0.15) is 22.8 Å². The number of halogens is 1. The number of amides is 2. The molecule has 0 saturated carbocycles. The summed E-state index contributed by atoms with van der Waals surface area (Å²) in [5, 5.41) is 7.32. The van der Waals surface area contributed by atoms with E-state index in [1.807, 2.05) is 6.07 Å². The number of carbonyl (C=O) groups is 2.